The Morgan fingerprint density at radius 3 is 3.17 bits per heavy atom. The molecule has 0 unspecified atom stereocenters. The van der Waals surface area contributed by atoms with Crippen molar-refractivity contribution in [3.05, 3.63) is 36.4 Å². The molecule has 3 rings (SSSR count). The zero-order valence-corrected chi connectivity index (χ0v) is 12.7. The number of nitrogens with zero attached hydrogens (tertiary/aromatic N) is 3. The molecule has 120 valence electrons. The predicted octanol–water partition coefficient (Wildman–Crippen LogP) is 0.876. The van der Waals surface area contributed by atoms with Gasteiger partial charge in [0.15, 0.2) is 6.61 Å². The minimum atomic E-state index is -0.181. The Balaban J connectivity index is 1.59. The highest BCUT2D eigenvalue weighted by atomic mass is 16.5. The van der Waals surface area contributed by atoms with Crippen LogP contribution in [0.3, 0.4) is 0 Å². The molecule has 2 amide bonds. The third-order valence-electron chi connectivity index (χ3n) is 3.55. The maximum Gasteiger partial charge on any atom is 0.262 e. The second kappa shape index (κ2) is 6.47. The van der Waals surface area contributed by atoms with Crippen molar-refractivity contribution in [2.45, 2.75) is 25.9 Å². The average molecular weight is 315 g/mol. The summed E-state index contributed by atoms with van der Waals surface area (Å²) in [7, 11) is 0. The number of fused-ring (bicyclic) bond motifs is 1. The summed E-state index contributed by atoms with van der Waals surface area (Å²) in [5.74, 6) is 0.378. The number of hydrogen-bond acceptors (Lipinski definition) is 5. The quantitative estimate of drug-likeness (QED) is 0.853. The lowest BCUT2D eigenvalue weighted by Gasteiger charge is -2.21. The Hall–Kier alpha value is -2.90. The smallest absolute Gasteiger partial charge is 0.262 e. The van der Waals surface area contributed by atoms with Crippen molar-refractivity contribution in [1.29, 1.82) is 0 Å². The molecule has 0 saturated carbocycles. The van der Waals surface area contributed by atoms with Crippen molar-refractivity contribution >= 4 is 17.5 Å². The Bertz CT molecular complexity index is 714. The second-order valence-electron chi connectivity index (χ2n) is 5.29. The van der Waals surface area contributed by atoms with E-state index < -0.39 is 0 Å². The first-order chi connectivity index (χ1) is 11.1. The van der Waals surface area contributed by atoms with Gasteiger partial charge < -0.3 is 15.4 Å². The van der Waals surface area contributed by atoms with Gasteiger partial charge >= 0.3 is 0 Å². The van der Waals surface area contributed by atoms with Gasteiger partial charge in [-0.1, -0.05) is 6.07 Å². The molecule has 1 atom stereocenters. The number of aryl methyl sites for hydroxylation is 1. The zero-order valence-electron chi connectivity index (χ0n) is 12.7. The predicted molar refractivity (Wildman–Crippen MR) is 81.8 cm³/mol. The molecule has 1 aromatic carbocycles. The normalized spacial score (nSPS) is 14.4. The van der Waals surface area contributed by atoms with Crippen LogP contribution in [0.15, 0.2) is 30.9 Å². The number of benzene rings is 1. The number of anilines is 1. The fourth-order valence-corrected chi connectivity index (χ4v) is 2.33. The number of hydrogen-bond donors (Lipinski definition) is 2. The summed E-state index contributed by atoms with van der Waals surface area (Å²) in [6, 6.07) is 5.30. The van der Waals surface area contributed by atoms with Crippen LogP contribution in [0.25, 0.3) is 0 Å². The van der Waals surface area contributed by atoms with Crippen LogP contribution in [0.4, 0.5) is 5.69 Å². The van der Waals surface area contributed by atoms with Gasteiger partial charge in [0.2, 0.25) is 5.91 Å². The van der Waals surface area contributed by atoms with E-state index in [9.17, 15) is 9.59 Å². The topological polar surface area (TPSA) is 98.1 Å². The Morgan fingerprint density at radius 2 is 2.39 bits per heavy atom. The number of ether oxygens (including phenoxy) is 1. The summed E-state index contributed by atoms with van der Waals surface area (Å²) >= 11 is 0. The Kier molecular flexibility index (Phi) is 4.22. The van der Waals surface area contributed by atoms with E-state index in [4.69, 9.17) is 4.74 Å². The molecule has 2 aromatic rings. The van der Waals surface area contributed by atoms with Crippen LogP contribution in [0.5, 0.6) is 5.75 Å². The molecule has 1 aliphatic rings. The largest absolute Gasteiger partial charge is 0.482 e. The van der Waals surface area contributed by atoms with Gasteiger partial charge in [-0.15, -0.1) is 0 Å². The molecule has 8 heteroatoms. The van der Waals surface area contributed by atoms with Gasteiger partial charge in [-0.25, -0.2) is 4.98 Å². The molecular formula is C15H17N5O3. The molecule has 0 radical (unpaired) electrons. The molecule has 0 spiro atoms. The van der Waals surface area contributed by atoms with E-state index in [1.807, 2.05) is 19.1 Å². The van der Waals surface area contributed by atoms with Gasteiger partial charge in [0.05, 0.1) is 18.3 Å². The summed E-state index contributed by atoms with van der Waals surface area (Å²) in [6.07, 6.45) is 3.32. The molecule has 8 nitrogen and oxygen atoms in total. The number of aromatic nitrogens is 3. The van der Waals surface area contributed by atoms with Gasteiger partial charge in [0.25, 0.3) is 5.91 Å². The lowest BCUT2D eigenvalue weighted by Crippen LogP contribution is -2.28. The van der Waals surface area contributed by atoms with Crippen LogP contribution in [0, 0.1) is 0 Å². The van der Waals surface area contributed by atoms with Crippen LogP contribution in [-0.2, 0) is 16.1 Å². The third kappa shape index (κ3) is 3.65. The number of carbonyl (C=O) groups is 2. The zero-order chi connectivity index (χ0) is 16.2. The van der Waals surface area contributed by atoms with Crippen LogP contribution in [-0.4, -0.2) is 33.2 Å². The number of rotatable bonds is 5. The first-order valence-corrected chi connectivity index (χ1v) is 7.30. The Morgan fingerprint density at radius 1 is 1.52 bits per heavy atom. The van der Waals surface area contributed by atoms with Crippen LogP contribution >= 0.6 is 0 Å². The average Bonchev–Trinajstić information content (AvgIpc) is 3.05. The number of amides is 2. The molecule has 0 fully saturated rings. The van der Waals surface area contributed by atoms with Gasteiger partial charge in [-0.05, 0) is 24.6 Å². The molecule has 0 aliphatic carbocycles. The second-order valence-corrected chi connectivity index (χ2v) is 5.29. The molecule has 2 heterocycles. The van der Waals surface area contributed by atoms with Crippen LogP contribution in [0.2, 0.25) is 0 Å². The monoisotopic (exact) mass is 315 g/mol. The van der Waals surface area contributed by atoms with Crippen molar-refractivity contribution < 1.29 is 14.3 Å². The molecule has 1 aromatic heterocycles. The minimum Gasteiger partial charge on any atom is -0.482 e. The standard InChI is InChI=1S/C15H17N5O3/c1-10(18-14(21)4-5-20-9-16-8-17-20)11-2-3-13-12(6-11)19-15(22)7-23-13/h2-3,6,8-10H,4-5,7H2,1H3,(H,18,21)(H,19,22)/t10-/m0/s1. The minimum absolute atomic E-state index is 0.0287. The summed E-state index contributed by atoms with van der Waals surface area (Å²) < 4.78 is 6.92. The highest BCUT2D eigenvalue weighted by Gasteiger charge is 2.18. The number of nitrogens with one attached hydrogen (secondary N) is 2. The van der Waals surface area contributed by atoms with Crippen LogP contribution in [0.1, 0.15) is 24.9 Å². The van der Waals surface area contributed by atoms with E-state index in [0.29, 0.717) is 24.4 Å². The number of carbonyl (C=O) groups excluding carboxylic acids is 2. The molecular weight excluding hydrogens is 298 g/mol. The molecule has 23 heavy (non-hydrogen) atoms. The molecule has 1 aliphatic heterocycles. The highest BCUT2D eigenvalue weighted by molar-refractivity contribution is 5.95. The maximum atomic E-state index is 12.0. The summed E-state index contributed by atoms with van der Waals surface area (Å²) in [4.78, 5) is 27.2. The first kappa shape index (κ1) is 15.0. The van der Waals surface area contributed by atoms with Crippen molar-refractivity contribution in [3.8, 4) is 5.75 Å². The first-order valence-electron chi connectivity index (χ1n) is 7.30. The van der Waals surface area contributed by atoms with E-state index in [-0.39, 0.29) is 24.5 Å². The van der Waals surface area contributed by atoms with E-state index in [1.54, 1.807) is 17.1 Å². The summed E-state index contributed by atoms with van der Waals surface area (Å²) in [6.45, 7) is 2.40. The van der Waals surface area contributed by atoms with Crippen molar-refractivity contribution in [1.82, 2.24) is 20.1 Å². The SMILES string of the molecule is C[C@H](NC(=O)CCn1cncn1)c1ccc2c(c1)NC(=O)CO2. The lowest BCUT2D eigenvalue weighted by molar-refractivity contribution is -0.122. The van der Waals surface area contributed by atoms with Crippen molar-refractivity contribution in [3.63, 3.8) is 0 Å². The lowest BCUT2D eigenvalue weighted by atomic mass is 10.1. The van der Waals surface area contributed by atoms with Gasteiger partial charge in [-0.3, -0.25) is 14.3 Å². The Labute approximate surface area is 132 Å². The molecule has 0 bridgehead atoms. The van der Waals surface area contributed by atoms with E-state index in [0.717, 1.165) is 5.56 Å². The van der Waals surface area contributed by atoms with Gasteiger partial charge in [0, 0.05) is 6.42 Å². The van der Waals surface area contributed by atoms with Crippen molar-refractivity contribution in [2.24, 2.45) is 0 Å². The van der Waals surface area contributed by atoms with E-state index in [1.165, 1.54) is 6.33 Å². The molecule has 0 saturated heterocycles. The maximum absolute atomic E-state index is 12.0. The highest BCUT2D eigenvalue weighted by Crippen LogP contribution is 2.30. The fraction of sp³-hybridized carbons (Fsp3) is 0.333. The van der Waals surface area contributed by atoms with Crippen LogP contribution < -0.4 is 15.4 Å². The van der Waals surface area contributed by atoms with E-state index in [2.05, 4.69) is 20.7 Å². The summed E-state index contributed by atoms with van der Waals surface area (Å²) in [5.41, 5.74) is 1.52. The van der Waals surface area contributed by atoms with Gasteiger partial charge in [0.1, 0.15) is 18.4 Å². The van der Waals surface area contributed by atoms with Gasteiger partial charge in [-0.2, -0.15) is 5.10 Å². The third-order valence-corrected chi connectivity index (χ3v) is 3.55. The van der Waals surface area contributed by atoms with Crippen molar-refractivity contribution in [2.75, 3.05) is 11.9 Å². The summed E-state index contributed by atoms with van der Waals surface area (Å²) in [5, 5.41) is 9.63. The van der Waals surface area contributed by atoms with E-state index >= 15 is 0 Å². The molecule has 2 N–H and O–H groups in total. The fourth-order valence-electron chi connectivity index (χ4n) is 2.33.